The minimum atomic E-state index is -0.342. The molecule has 0 aromatic carbocycles. The number of carbonyl (C=O) groups excluding carboxylic acids is 1. The first-order chi connectivity index (χ1) is 10.7. The number of aromatic nitrogens is 2. The van der Waals surface area contributed by atoms with Gasteiger partial charge in [-0.25, -0.2) is 4.98 Å². The quantitative estimate of drug-likeness (QED) is 0.506. The van der Waals surface area contributed by atoms with Crippen LogP contribution in [0.1, 0.15) is 38.2 Å². The third-order valence-corrected chi connectivity index (χ3v) is 3.43. The van der Waals surface area contributed by atoms with Gasteiger partial charge in [0.2, 0.25) is 0 Å². The van der Waals surface area contributed by atoms with Crippen molar-refractivity contribution in [2.75, 3.05) is 6.54 Å². The van der Waals surface area contributed by atoms with Crippen molar-refractivity contribution < 1.29 is 4.79 Å². The maximum Gasteiger partial charge on any atom is 0.262 e. The number of aryl methyl sites for hydroxylation is 1. The third-order valence-electron chi connectivity index (χ3n) is 3.43. The molecule has 0 fully saturated rings. The van der Waals surface area contributed by atoms with E-state index in [1.807, 2.05) is 41.8 Å². The monoisotopic (exact) mass is 296 g/mol. The van der Waals surface area contributed by atoms with Crippen LogP contribution in [0.15, 0.2) is 30.0 Å². The first-order valence-corrected chi connectivity index (χ1v) is 7.57. The van der Waals surface area contributed by atoms with Crippen molar-refractivity contribution in [2.45, 2.75) is 33.1 Å². The molecule has 2 aromatic heterocycles. The molecule has 5 nitrogen and oxygen atoms in total. The molecule has 0 aliphatic carbocycles. The van der Waals surface area contributed by atoms with Crippen molar-refractivity contribution in [1.29, 1.82) is 5.26 Å². The van der Waals surface area contributed by atoms with Crippen molar-refractivity contribution in [1.82, 2.24) is 14.7 Å². The Balaban J connectivity index is 2.34. The number of hydrogen-bond donors (Lipinski definition) is 1. The number of fused-ring (bicyclic) bond motifs is 1. The summed E-state index contributed by atoms with van der Waals surface area (Å²) in [6, 6.07) is 7.75. The lowest BCUT2D eigenvalue weighted by molar-refractivity contribution is -0.117. The second-order valence-electron chi connectivity index (χ2n) is 5.00. The predicted molar refractivity (Wildman–Crippen MR) is 86.1 cm³/mol. The van der Waals surface area contributed by atoms with Crippen LogP contribution in [-0.4, -0.2) is 21.8 Å². The molecule has 0 aliphatic rings. The Bertz CT molecular complexity index is 737. The van der Waals surface area contributed by atoms with E-state index in [4.69, 9.17) is 0 Å². The van der Waals surface area contributed by atoms with Crippen molar-refractivity contribution in [2.24, 2.45) is 0 Å². The van der Waals surface area contributed by atoms with Gasteiger partial charge in [-0.1, -0.05) is 26.3 Å². The zero-order valence-corrected chi connectivity index (χ0v) is 13.0. The first kappa shape index (κ1) is 15.8. The van der Waals surface area contributed by atoms with Gasteiger partial charge in [0.15, 0.2) is 0 Å². The number of imidazole rings is 1. The van der Waals surface area contributed by atoms with Crippen LogP contribution in [0, 0.1) is 11.3 Å². The van der Waals surface area contributed by atoms with Crippen molar-refractivity contribution in [3.05, 3.63) is 41.5 Å². The van der Waals surface area contributed by atoms with Gasteiger partial charge >= 0.3 is 0 Å². The molecule has 0 saturated carbocycles. The average Bonchev–Trinajstić information content (AvgIpc) is 2.90. The Labute approximate surface area is 130 Å². The van der Waals surface area contributed by atoms with Gasteiger partial charge in [-0.3, -0.25) is 4.79 Å². The molecule has 0 radical (unpaired) electrons. The number of unbranched alkanes of at least 4 members (excludes halogenated alkanes) is 1. The molecule has 0 bridgehead atoms. The number of nitriles is 1. The highest BCUT2D eigenvalue weighted by Gasteiger charge is 2.12. The minimum absolute atomic E-state index is 0.0857. The van der Waals surface area contributed by atoms with E-state index in [-0.39, 0.29) is 11.5 Å². The summed E-state index contributed by atoms with van der Waals surface area (Å²) in [5, 5.41) is 12.0. The number of pyridine rings is 1. The van der Waals surface area contributed by atoms with Crippen LogP contribution in [0.25, 0.3) is 11.6 Å². The van der Waals surface area contributed by atoms with Gasteiger partial charge in [0, 0.05) is 19.2 Å². The van der Waals surface area contributed by atoms with Crippen LogP contribution in [-0.2, 0) is 11.2 Å². The number of hydrogen-bond acceptors (Lipinski definition) is 3. The van der Waals surface area contributed by atoms with Crippen LogP contribution in [0.2, 0.25) is 0 Å². The Hall–Kier alpha value is -2.61. The fraction of sp³-hybridized carbons (Fsp3) is 0.353. The summed E-state index contributed by atoms with van der Waals surface area (Å²) in [7, 11) is 0. The van der Waals surface area contributed by atoms with Gasteiger partial charge in [-0.15, -0.1) is 0 Å². The second kappa shape index (κ2) is 7.41. The van der Waals surface area contributed by atoms with Gasteiger partial charge < -0.3 is 9.72 Å². The fourth-order valence-electron chi connectivity index (χ4n) is 2.24. The molecular formula is C17H20N4O. The smallest absolute Gasteiger partial charge is 0.262 e. The summed E-state index contributed by atoms with van der Waals surface area (Å²) in [4.78, 5) is 16.6. The maximum atomic E-state index is 12.0. The molecule has 0 saturated heterocycles. The number of amides is 1. The summed E-state index contributed by atoms with van der Waals surface area (Å²) in [6.07, 6.45) is 6.18. The molecule has 0 aliphatic heterocycles. The molecule has 1 amide bonds. The van der Waals surface area contributed by atoms with Gasteiger partial charge in [0.05, 0.1) is 11.2 Å². The zero-order valence-electron chi connectivity index (χ0n) is 13.0. The molecular weight excluding hydrogens is 276 g/mol. The summed E-state index contributed by atoms with van der Waals surface area (Å²) in [5.74, 6) is 0.566. The Morgan fingerprint density at radius 1 is 1.45 bits per heavy atom. The third kappa shape index (κ3) is 3.34. The first-order valence-electron chi connectivity index (χ1n) is 7.57. The Morgan fingerprint density at radius 3 is 2.95 bits per heavy atom. The second-order valence-corrected chi connectivity index (χ2v) is 5.00. The molecule has 2 rings (SSSR count). The van der Waals surface area contributed by atoms with Crippen LogP contribution < -0.4 is 5.32 Å². The average molecular weight is 296 g/mol. The summed E-state index contributed by atoms with van der Waals surface area (Å²) >= 11 is 0. The summed E-state index contributed by atoms with van der Waals surface area (Å²) < 4.78 is 1.98. The van der Waals surface area contributed by atoms with E-state index in [0.29, 0.717) is 12.2 Å². The molecule has 2 aromatic rings. The lowest BCUT2D eigenvalue weighted by Crippen LogP contribution is -2.25. The molecule has 1 N–H and O–H groups in total. The largest absolute Gasteiger partial charge is 0.351 e. The molecule has 0 unspecified atom stereocenters. The van der Waals surface area contributed by atoms with E-state index in [9.17, 15) is 10.1 Å². The highest BCUT2D eigenvalue weighted by Crippen LogP contribution is 2.16. The molecule has 2 heterocycles. The van der Waals surface area contributed by atoms with Crippen LogP contribution in [0.3, 0.4) is 0 Å². The number of nitrogens with zero attached hydrogens (tertiary/aromatic N) is 3. The van der Waals surface area contributed by atoms with E-state index in [1.165, 1.54) is 0 Å². The van der Waals surface area contributed by atoms with Gasteiger partial charge in [-0.05, 0) is 24.6 Å². The van der Waals surface area contributed by atoms with E-state index >= 15 is 0 Å². The van der Waals surface area contributed by atoms with E-state index in [0.717, 1.165) is 30.6 Å². The van der Waals surface area contributed by atoms with Gasteiger partial charge in [0.1, 0.15) is 17.5 Å². The van der Waals surface area contributed by atoms with Crippen LogP contribution in [0.5, 0.6) is 0 Å². The van der Waals surface area contributed by atoms with Gasteiger partial charge in [0.25, 0.3) is 5.91 Å². The molecule has 5 heteroatoms. The fourth-order valence-corrected chi connectivity index (χ4v) is 2.24. The summed E-state index contributed by atoms with van der Waals surface area (Å²) in [6.45, 7) is 4.66. The van der Waals surface area contributed by atoms with E-state index < -0.39 is 0 Å². The highest BCUT2D eigenvalue weighted by atomic mass is 16.1. The molecule has 0 spiro atoms. The van der Waals surface area contributed by atoms with E-state index in [1.54, 1.807) is 6.08 Å². The van der Waals surface area contributed by atoms with Crippen LogP contribution in [0.4, 0.5) is 0 Å². The molecule has 22 heavy (non-hydrogen) atoms. The number of nitrogens with one attached hydrogen (secondary N) is 1. The van der Waals surface area contributed by atoms with Crippen molar-refractivity contribution >= 4 is 17.5 Å². The molecule has 114 valence electrons. The standard InChI is InChI=1S/C17H20N4O/c1-3-5-9-19-17(22)13(12-18)11-14-15-8-6-7-10-21(15)16(4-2)20-14/h6-8,10-11H,3-5,9H2,1-2H3,(H,19,22). The predicted octanol–water partition coefficient (Wildman–Crippen LogP) is 2.72. The zero-order chi connectivity index (χ0) is 15.9. The SMILES string of the molecule is CCCCNC(=O)C(C#N)=Cc1nc(CC)n2ccccc12. The minimum Gasteiger partial charge on any atom is -0.351 e. The lowest BCUT2D eigenvalue weighted by Gasteiger charge is -2.02. The normalized spacial score (nSPS) is 11.4. The van der Waals surface area contributed by atoms with E-state index in [2.05, 4.69) is 17.2 Å². The topological polar surface area (TPSA) is 70.2 Å². The Kier molecular flexibility index (Phi) is 5.31. The highest BCUT2D eigenvalue weighted by molar-refractivity contribution is 6.02. The number of carbonyl (C=O) groups is 1. The van der Waals surface area contributed by atoms with Crippen LogP contribution >= 0.6 is 0 Å². The summed E-state index contributed by atoms with van der Waals surface area (Å²) in [5.41, 5.74) is 1.63. The Morgan fingerprint density at radius 2 is 2.27 bits per heavy atom. The van der Waals surface area contributed by atoms with Crippen molar-refractivity contribution in [3.8, 4) is 6.07 Å². The van der Waals surface area contributed by atoms with Gasteiger partial charge in [-0.2, -0.15) is 5.26 Å². The van der Waals surface area contributed by atoms with Crippen molar-refractivity contribution in [3.63, 3.8) is 0 Å². The lowest BCUT2D eigenvalue weighted by atomic mass is 10.2. The maximum absolute atomic E-state index is 12.0. The number of rotatable bonds is 6. The molecule has 0 atom stereocenters.